The van der Waals surface area contributed by atoms with Crippen molar-refractivity contribution in [3.05, 3.63) is 71.0 Å². The lowest BCUT2D eigenvalue weighted by Crippen LogP contribution is -2.16. The molecule has 124 valence electrons. The number of aromatic nitrogens is 4. The molecule has 0 unspecified atom stereocenters. The van der Waals surface area contributed by atoms with Crippen molar-refractivity contribution in [3.63, 3.8) is 0 Å². The Morgan fingerprint density at radius 2 is 1.84 bits per heavy atom. The third kappa shape index (κ3) is 3.14. The van der Waals surface area contributed by atoms with Crippen molar-refractivity contribution < 1.29 is 4.79 Å². The molecule has 0 bridgehead atoms. The summed E-state index contributed by atoms with van der Waals surface area (Å²) in [6.45, 7) is 2.38. The maximum atomic E-state index is 12.5. The van der Waals surface area contributed by atoms with E-state index in [-0.39, 0.29) is 5.91 Å². The Bertz CT molecular complexity index is 1040. The average Bonchev–Trinajstić information content (AvgIpc) is 3.20. The van der Waals surface area contributed by atoms with Crippen molar-refractivity contribution >= 4 is 34.4 Å². The number of aryl methyl sites for hydroxylation is 1. The smallest absolute Gasteiger partial charge is 0.288 e. The summed E-state index contributed by atoms with van der Waals surface area (Å²) < 4.78 is 6.05. The topological polar surface area (TPSA) is 72.7 Å². The Balaban J connectivity index is 1.72. The predicted octanol–water partition coefficient (Wildman–Crippen LogP) is 3.50. The van der Waals surface area contributed by atoms with Crippen molar-refractivity contribution in [2.45, 2.75) is 13.5 Å². The van der Waals surface area contributed by atoms with Gasteiger partial charge in [-0.25, -0.2) is 9.97 Å². The van der Waals surface area contributed by atoms with Gasteiger partial charge in [-0.05, 0) is 36.2 Å². The highest BCUT2D eigenvalue weighted by Gasteiger charge is 2.17. The number of carbonyl (C=O) groups excluding carboxylic acids is 1. The maximum absolute atomic E-state index is 12.5. The Hall–Kier alpha value is -3.06. The highest BCUT2D eigenvalue weighted by Crippen LogP contribution is 2.22. The minimum absolute atomic E-state index is 0.296. The van der Waals surface area contributed by atoms with E-state index < -0.39 is 0 Å². The second-order valence-corrected chi connectivity index (χ2v) is 6.35. The fourth-order valence-corrected chi connectivity index (χ4v) is 3.21. The molecule has 25 heavy (non-hydrogen) atoms. The number of hydrogen-bond donors (Lipinski definition) is 1. The number of para-hydroxylation sites is 2. The molecular weight excluding hydrogens is 334 g/mol. The summed E-state index contributed by atoms with van der Waals surface area (Å²) in [7, 11) is 0. The molecular formula is C18H15N5OS. The van der Waals surface area contributed by atoms with Crippen LogP contribution in [0.25, 0.3) is 11.0 Å². The highest BCUT2D eigenvalue weighted by atomic mass is 32.1. The molecule has 0 atom stereocenters. The van der Waals surface area contributed by atoms with Gasteiger partial charge in [-0.2, -0.15) is 4.37 Å². The van der Waals surface area contributed by atoms with Crippen molar-refractivity contribution in [2.75, 3.05) is 5.32 Å². The third-order valence-electron chi connectivity index (χ3n) is 3.79. The standard InChI is InChI=1S/C18H15N5OS/c1-12-19-17(25-22-12)16(24)21-18-20-14-9-5-6-10-15(14)23(18)11-13-7-3-2-4-8-13/h2-10H,11H2,1H3,(H,20,21,24). The second kappa shape index (κ2) is 6.45. The van der Waals surface area contributed by atoms with E-state index in [1.807, 2.05) is 47.0 Å². The number of imidazole rings is 1. The number of amides is 1. The molecule has 0 fully saturated rings. The van der Waals surface area contributed by atoms with Crippen LogP contribution in [-0.2, 0) is 6.54 Å². The first-order chi connectivity index (χ1) is 12.2. The van der Waals surface area contributed by atoms with Crippen molar-refractivity contribution in [3.8, 4) is 0 Å². The zero-order valence-corrected chi connectivity index (χ0v) is 14.3. The van der Waals surface area contributed by atoms with Gasteiger partial charge in [0.05, 0.1) is 17.6 Å². The van der Waals surface area contributed by atoms with Gasteiger partial charge >= 0.3 is 0 Å². The molecule has 0 aliphatic carbocycles. The SMILES string of the molecule is Cc1nsc(C(=O)Nc2nc3ccccc3n2Cc2ccccc2)n1. The molecule has 0 saturated carbocycles. The second-order valence-electron chi connectivity index (χ2n) is 5.60. The van der Waals surface area contributed by atoms with Crippen molar-refractivity contribution in [1.29, 1.82) is 0 Å². The van der Waals surface area contributed by atoms with Crippen LogP contribution in [0.2, 0.25) is 0 Å². The van der Waals surface area contributed by atoms with Gasteiger partial charge in [0.15, 0.2) is 0 Å². The Morgan fingerprint density at radius 1 is 1.08 bits per heavy atom. The number of anilines is 1. The molecule has 1 N–H and O–H groups in total. The largest absolute Gasteiger partial charge is 0.305 e. The van der Waals surface area contributed by atoms with Gasteiger partial charge in [0, 0.05) is 0 Å². The van der Waals surface area contributed by atoms with Crippen LogP contribution in [0.4, 0.5) is 5.95 Å². The molecule has 7 heteroatoms. The lowest BCUT2D eigenvalue weighted by Gasteiger charge is -2.09. The molecule has 2 heterocycles. The fraction of sp³-hybridized carbons (Fsp3) is 0.111. The van der Waals surface area contributed by atoms with Crippen LogP contribution in [0, 0.1) is 6.92 Å². The van der Waals surface area contributed by atoms with Gasteiger partial charge in [-0.3, -0.25) is 10.1 Å². The monoisotopic (exact) mass is 349 g/mol. The first-order valence-corrected chi connectivity index (χ1v) is 8.59. The summed E-state index contributed by atoms with van der Waals surface area (Å²) in [5.74, 6) is 0.797. The summed E-state index contributed by atoms with van der Waals surface area (Å²) in [5.41, 5.74) is 2.94. The summed E-state index contributed by atoms with van der Waals surface area (Å²) in [6.07, 6.45) is 0. The summed E-state index contributed by atoms with van der Waals surface area (Å²) in [6, 6.07) is 17.9. The first-order valence-electron chi connectivity index (χ1n) is 7.81. The number of nitrogens with one attached hydrogen (secondary N) is 1. The van der Waals surface area contributed by atoms with E-state index in [9.17, 15) is 4.79 Å². The molecule has 2 aromatic heterocycles. The number of carbonyl (C=O) groups is 1. The quantitative estimate of drug-likeness (QED) is 0.612. The lowest BCUT2D eigenvalue weighted by atomic mass is 10.2. The normalized spacial score (nSPS) is 10.9. The average molecular weight is 349 g/mol. The Kier molecular flexibility index (Phi) is 3.99. The van der Waals surface area contributed by atoms with E-state index >= 15 is 0 Å². The van der Waals surface area contributed by atoms with Gasteiger partial charge in [-0.15, -0.1) is 0 Å². The molecule has 0 spiro atoms. The predicted molar refractivity (Wildman–Crippen MR) is 97.9 cm³/mol. The Labute approximate surface area is 148 Å². The van der Waals surface area contributed by atoms with E-state index in [1.165, 1.54) is 0 Å². The number of hydrogen-bond acceptors (Lipinski definition) is 5. The van der Waals surface area contributed by atoms with Crippen LogP contribution < -0.4 is 5.32 Å². The van der Waals surface area contributed by atoms with Crippen LogP contribution >= 0.6 is 11.5 Å². The molecule has 0 aliphatic rings. The summed E-state index contributed by atoms with van der Waals surface area (Å²) >= 11 is 1.08. The molecule has 0 radical (unpaired) electrons. The highest BCUT2D eigenvalue weighted by molar-refractivity contribution is 7.07. The van der Waals surface area contributed by atoms with Crippen LogP contribution in [0.3, 0.4) is 0 Å². The maximum Gasteiger partial charge on any atom is 0.288 e. The number of benzene rings is 2. The van der Waals surface area contributed by atoms with Gasteiger partial charge in [0.25, 0.3) is 5.91 Å². The van der Waals surface area contributed by atoms with Gasteiger partial charge in [0.2, 0.25) is 11.0 Å². The van der Waals surface area contributed by atoms with E-state index in [4.69, 9.17) is 0 Å². The molecule has 6 nitrogen and oxygen atoms in total. The minimum Gasteiger partial charge on any atom is -0.305 e. The van der Waals surface area contributed by atoms with E-state index in [1.54, 1.807) is 6.92 Å². The summed E-state index contributed by atoms with van der Waals surface area (Å²) in [4.78, 5) is 21.2. The number of fused-ring (bicyclic) bond motifs is 1. The number of nitrogens with zero attached hydrogens (tertiary/aromatic N) is 4. The van der Waals surface area contributed by atoms with E-state index in [2.05, 4.69) is 31.8 Å². The molecule has 1 amide bonds. The first kappa shape index (κ1) is 15.5. The van der Waals surface area contributed by atoms with Crippen LogP contribution in [0.15, 0.2) is 54.6 Å². The van der Waals surface area contributed by atoms with Crippen LogP contribution in [0.5, 0.6) is 0 Å². The van der Waals surface area contributed by atoms with Crippen molar-refractivity contribution in [1.82, 2.24) is 18.9 Å². The van der Waals surface area contributed by atoms with Crippen LogP contribution in [-0.4, -0.2) is 24.8 Å². The zero-order valence-electron chi connectivity index (χ0n) is 13.5. The summed E-state index contributed by atoms with van der Waals surface area (Å²) in [5, 5.41) is 3.20. The van der Waals surface area contributed by atoms with Crippen LogP contribution in [0.1, 0.15) is 21.2 Å². The molecule has 4 rings (SSSR count). The zero-order chi connectivity index (χ0) is 17.2. The lowest BCUT2D eigenvalue weighted by molar-refractivity contribution is 0.102. The van der Waals surface area contributed by atoms with Gasteiger partial charge in [-0.1, -0.05) is 42.5 Å². The number of rotatable bonds is 4. The van der Waals surface area contributed by atoms with Gasteiger partial charge < -0.3 is 4.57 Å². The molecule has 2 aromatic carbocycles. The fourth-order valence-electron chi connectivity index (χ4n) is 2.64. The Morgan fingerprint density at radius 3 is 2.60 bits per heavy atom. The molecule has 0 saturated heterocycles. The molecule has 4 aromatic rings. The minimum atomic E-state index is -0.296. The third-order valence-corrected chi connectivity index (χ3v) is 4.59. The van der Waals surface area contributed by atoms with Crippen molar-refractivity contribution in [2.24, 2.45) is 0 Å². The van der Waals surface area contributed by atoms with Gasteiger partial charge in [0.1, 0.15) is 5.82 Å². The van der Waals surface area contributed by atoms with E-state index in [0.29, 0.717) is 23.3 Å². The molecule has 0 aliphatic heterocycles. The van der Waals surface area contributed by atoms with E-state index in [0.717, 1.165) is 28.1 Å².